The number of ketones is 1. The highest BCUT2D eigenvalue weighted by molar-refractivity contribution is 5.85. The summed E-state index contributed by atoms with van der Waals surface area (Å²) in [5, 5.41) is 28.0. The van der Waals surface area contributed by atoms with Crippen molar-refractivity contribution in [2.75, 3.05) is 0 Å². The minimum absolute atomic E-state index is 0.399. The number of nitriles is 1. The van der Waals surface area contributed by atoms with Gasteiger partial charge in [0.25, 0.3) is 0 Å². The van der Waals surface area contributed by atoms with Crippen LogP contribution in [-0.4, -0.2) is 34.2 Å². The predicted octanol–water partition coefficient (Wildman–Crippen LogP) is 3.78. The zero-order valence-corrected chi connectivity index (χ0v) is 16.4. The first-order valence-electron chi connectivity index (χ1n) is 10.2. The summed E-state index contributed by atoms with van der Waals surface area (Å²) in [6, 6.07) is 0.580. The van der Waals surface area contributed by atoms with E-state index in [1.807, 2.05) is 6.08 Å². The summed E-state index contributed by atoms with van der Waals surface area (Å²) in [5.74, 6) is -0.655. The third-order valence-corrected chi connectivity index (χ3v) is 4.65. The van der Waals surface area contributed by atoms with Gasteiger partial charge in [-0.1, -0.05) is 83.3 Å². The van der Waals surface area contributed by atoms with Gasteiger partial charge >= 0.3 is 0 Å². The number of aliphatic hydroxyl groups excluding tert-OH is 2. The lowest BCUT2D eigenvalue weighted by molar-refractivity contribution is -0.128. The second kappa shape index (κ2) is 17.2. The van der Waals surface area contributed by atoms with Gasteiger partial charge in [0, 0.05) is 0 Å². The fraction of sp³-hybridized carbons (Fsp3) is 0.810. The second-order valence-corrected chi connectivity index (χ2v) is 7.07. The van der Waals surface area contributed by atoms with Crippen LogP contribution >= 0.6 is 0 Å². The van der Waals surface area contributed by atoms with E-state index in [-0.39, 0.29) is 0 Å². The van der Waals surface area contributed by atoms with Crippen LogP contribution in [0.4, 0.5) is 0 Å². The van der Waals surface area contributed by atoms with Crippen LogP contribution in [0.15, 0.2) is 12.2 Å². The van der Waals surface area contributed by atoms with E-state index < -0.39 is 30.5 Å². The number of hydrogen-bond acceptors (Lipinski definition) is 5. The molecule has 0 amide bonds. The molecule has 1 unspecified atom stereocenters. The Balaban J connectivity index is 3.62. The van der Waals surface area contributed by atoms with Crippen LogP contribution in [-0.2, 0) is 4.79 Å². The van der Waals surface area contributed by atoms with Crippen molar-refractivity contribution in [3.63, 3.8) is 0 Å². The molecule has 0 spiro atoms. The topological polar surface area (TPSA) is 107 Å². The Kier molecular flexibility index (Phi) is 16.4. The fourth-order valence-electron chi connectivity index (χ4n) is 2.87. The summed E-state index contributed by atoms with van der Waals surface area (Å²) in [7, 11) is 0. The first-order chi connectivity index (χ1) is 12.5. The van der Waals surface area contributed by atoms with Gasteiger partial charge in [-0.3, -0.25) is 4.79 Å². The summed E-state index contributed by atoms with van der Waals surface area (Å²) in [4.78, 5) is 11.4. The van der Waals surface area contributed by atoms with Gasteiger partial charge in [0.15, 0.2) is 5.78 Å². The molecule has 0 aliphatic carbocycles. The van der Waals surface area contributed by atoms with Crippen LogP contribution in [0.1, 0.15) is 90.4 Å². The number of nitrogens with zero attached hydrogens (tertiary/aromatic N) is 1. The maximum Gasteiger partial charge on any atom is 0.176 e. The van der Waals surface area contributed by atoms with E-state index in [0.717, 1.165) is 12.8 Å². The van der Waals surface area contributed by atoms with E-state index in [1.165, 1.54) is 70.3 Å². The van der Waals surface area contributed by atoms with E-state index in [0.29, 0.717) is 0 Å². The van der Waals surface area contributed by atoms with Gasteiger partial charge in [0.05, 0.1) is 24.6 Å². The number of nitrogens with two attached hydrogens (primary N) is 1. The molecular weight excluding hydrogens is 328 g/mol. The summed E-state index contributed by atoms with van der Waals surface area (Å²) in [6.45, 7) is 2.24. The largest absolute Gasteiger partial charge is 0.387 e. The highest BCUT2D eigenvalue weighted by atomic mass is 16.3. The van der Waals surface area contributed by atoms with Crippen LogP contribution in [0, 0.1) is 11.3 Å². The van der Waals surface area contributed by atoms with Crippen molar-refractivity contribution in [3.8, 4) is 6.07 Å². The molecule has 0 rings (SSSR count). The Morgan fingerprint density at radius 2 is 1.50 bits per heavy atom. The second-order valence-electron chi connectivity index (χ2n) is 7.07. The zero-order chi connectivity index (χ0) is 19.6. The van der Waals surface area contributed by atoms with Crippen molar-refractivity contribution < 1.29 is 15.0 Å². The smallest absolute Gasteiger partial charge is 0.176 e. The van der Waals surface area contributed by atoms with Crippen LogP contribution in [0.2, 0.25) is 0 Å². The lowest BCUT2D eigenvalue weighted by Crippen LogP contribution is -2.47. The SMILES string of the molecule is CCCCCCCCCCCCC/C=C/[C@@H](O)[C@@H](N)C(O)C(=O)CC#N. The number of aliphatic hydroxyl groups is 2. The third-order valence-electron chi connectivity index (χ3n) is 4.65. The van der Waals surface area contributed by atoms with Crippen molar-refractivity contribution in [2.24, 2.45) is 5.73 Å². The monoisotopic (exact) mass is 366 g/mol. The number of unbranched alkanes of at least 4 members (excludes halogenated alkanes) is 11. The summed E-state index contributed by atoms with van der Waals surface area (Å²) < 4.78 is 0. The van der Waals surface area contributed by atoms with Gasteiger partial charge < -0.3 is 15.9 Å². The van der Waals surface area contributed by atoms with Gasteiger partial charge in [-0.15, -0.1) is 0 Å². The number of allylic oxidation sites excluding steroid dienone is 1. The van der Waals surface area contributed by atoms with E-state index in [9.17, 15) is 15.0 Å². The molecule has 0 saturated heterocycles. The molecule has 0 heterocycles. The van der Waals surface area contributed by atoms with Gasteiger partial charge in [-0.05, 0) is 12.8 Å². The molecule has 150 valence electrons. The standard InChI is InChI=1S/C21H38N2O3/c1-2-3-4-5-6-7-8-9-10-11-12-13-14-15-18(24)20(23)21(26)19(25)16-17-22/h14-15,18,20-21,24,26H,2-13,16,23H2,1H3/b15-14+/t18-,20-,21?/m1/s1. The maximum atomic E-state index is 11.4. The molecule has 5 heteroatoms. The quantitative estimate of drug-likeness (QED) is 0.268. The molecule has 0 bridgehead atoms. The third kappa shape index (κ3) is 13.0. The van der Waals surface area contributed by atoms with E-state index in [2.05, 4.69) is 6.92 Å². The Labute approximate surface area is 159 Å². The molecular formula is C21H38N2O3. The first-order valence-corrected chi connectivity index (χ1v) is 10.2. The number of carbonyl (C=O) groups excluding carboxylic acids is 1. The molecule has 0 aromatic heterocycles. The number of Topliss-reactive ketones (excluding diaryl/α,β-unsaturated/α-hetero) is 1. The average Bonchev–Trinajstić information content (AvgIpc) is 2.64. The van der Waals surface area contributed by atoms with E-state index >= 15 is 0 Å². The molecule has 0 saturated carbocycles. The molecule has 0 aromatic rings. The average molecular weight is 367 g/mol. The van der Waals surface area contributed by atoms with Gasteiger partial charge in [0.2, 0.25) is 0 Å². The normalized spacial score (nSPS) is 14.9. The Morgan fingerprint density at radius 3 is 2.00 bits per heavy atom. The molecule has 0 aliphatic heterocycles. The predicted molar refractivity (Wildman–Crippen MR) is 105 cm³/mol. The first kappa shape index (κ1) is 24.8. The molecule has 4 N–H and O–H groups in total. The van der Waals surface area contributed by atoms with Crippen molar-refractivity contribution in [2.45, 2.75) is 109 Å². The molecule has 0 fully saturated rings. The van der Waals surface area contributed by atoms with E-state index in [1.54, 1.807) is 6.07 Å². The van der Waals surface area contributed by atoms with Gasteiger partial charge in [0.1, 0.15) is 6.10 Å². The summed E-state index contributed by atoms with van der Waals surface area (Å²) in [6.07, 6.45) is 15.5. The molecule has 0 aromatic carbocycles. The fourth-order valence-corrected chi connectivity index (χ4v) is 2.87. The Morgan fingerprint density at radius 1 is 1.00 bits per heavy atom. The van der Waals surface area contributed by atoms with Crippen LogP contribution in [0.25, 0.3) is 0 Å². The van der Waals surface area contributed by atoms with Crippen molar-refractivity contribution in [3.05, 3.63) is 12.2 Å². The Hall–Kier alpha value is -1.22. The van der Waals surface area contributed by atoms with Crippen LogP contribution < -0.4 is 5.73 Å². The van der Waals surface area contributed by atoms with Crippen LogP contribution in [0.5, 0.6) is 0 Å². The molecule has 3 atom stereocenters. The summed E-state index contributed by atoms with van der Waals surface area (Å²) >= 11 is 0. The zero-order valence-electron chi connectivity index (χ0n) is 16.4. The number of carbonyl (C=O) groups is 1. The maximum absolute atomic E-state index is 11.4. The molecule has 26 heavy (non-hydrogen) atoms. The van der Waals surface area contributed by atoms with Crippen LogP contribution in [0.3, 0.4) is 0 Å². The minimum atomic E-state index is -1.50. The highest BCUT2D eigenvalue weighted by Gasteiger charge is 2.26. The van der Waals surface area contributed by atoms with E-state index in [4.69, 9.17) is 11.0 Å². The molecule has 0 radical (unpaired) electrons. The molecule has 0 aliphatic rings. The van der Waals surface area contributed by atoms with Crippen molar-refractivity contribution in [1.29, 1.82) is 5.26 Å². The lowest BCUT2D eigenvalue weighted by Gasteiger charge is -2.20. The number of rotatable bonds is 17. The Bertz CT molecular complexity index is 418. The van der Waals surface area contributed by atoms with Crippen molar-refractivity contribution >= 4 is 5.78 Å². The molecule has 5 nitrogen and oxygen atoms in total. The highest BCUT2D eigenvalue weighted by Crippen LogP contribution is 2.12. The number of hydrogen-bond donors (Lipinski definition) is 3. The van der Waals surface area contributed by atoms with Gasteiger partial charge in [-0.2, -0.15) is 5.26 Å². The summed E-state index contributed by atoms with van der Waals surface area (Å²) in [5.41, 5.74) is 5.66. The van der Waals surface area contributed by atoms with Crippen molar-refractivity contribution in [1.82, 2.24) is 0 Å². The lowest BCUT2D eigenvalue weighted by atomic mass is 10.00. The van der Waals surface area contributed by atoms with Gasteiger partial charge in [-0.25, -0.2) is 0 Å². The minimum Gasteiger partial charge on any atom is -0.387 e.